The van der Waals surface area contributed by atoms with Gasteiger partial charge in [-0.25, -0.2) is 14.5 Å². The number of hydrogen-bond acceptors (Lipinski definition) is 4. The van der Waals surface area contributed by atoms with Crippen LogP contribution in [0.4, 0.5) is 0 Å². The Morgan fingerprint density at radius 1 is 1.28 bits per heavy atom. The van der Waals surface area contributed by atoms with Crippen LogP contribution in [0.5, 0.6) is 0 Å². The van der Waals surface area contributed by atoms with Crippen molar-refractivity contribution in [3.05, 3.63) is 42.0 Å². The van der Waals surface area contributed by atoms with Gasteiger partial charge in [-0.2, -0.15) is 0 Å². The van der Waals surface area contributed by atoms with Crippen LogP contribution >= 0.6 is 0 Å². The smallest absolute Gasteiger partial charge is 0.377 e. The second-order valence-electron chi connectivity index (χ2n) is 4.19. The van der Waals surface area contributed by atoms with Gasteiger partial charge < -0.3 is 4.74 Å². The summed E-state index contributed by atoms with van der Waals surface area (Å²) >= 11 is 0. The van der Waals surface area contributed by atoms with Crippen LogP contribution in [0.1, 0.15) is 36.2 Å². The number of ether oxygens (including phenoxy) is 1. The number of nitrogens with zero attached hydrogens (tertiary/aromatic N) is 3. The van der Waals surface area contributed by atoms with Gasteiger partial charge in [0.25, 0.3) is 5.82 Å². The Bertz CT molecular complexity index is 547. The van der Waals surface area contributed by atoms with Gasteiger partial charge >= 0.3 is 5.97 Å². The fourth-order valence-electron chi connectivity index (χ4n) is 1.63. The molecule has 0 aliphatic rings. The van der Waals surface area contributed by atoms with E-state index < -0.39 is 5.97 Å². The molecule has 0 saturated heterocycles. The van der Waals surface area contributed by atoms with Crippen LogP contribution < -0.4 is 0 Å². The Morgan fingerprint density at radius 3 is 2.50 bits per heavy atom. The van der Waals surface area contributed by atoms with Gasteiger partial charge in [0.2, 0.25) is 0 Å². The molecule has 18 heavy (non-hydrogen) atoms. The number of benzene rings is 1. The first-order valence-corrected chi connectivity index (χ1v) is 5.74. The normalized spacial score (nSPS) is 10.7. The minimum absolute atomic E-state index is 0.0880. The lowest BCUT2D eigenvalue weighted by Crippen LogP contribution is -2.05. The molecule has 1 heterocycles. The van der Waals surface area contributed by atoms with Crippen LogP contribution in [-0.2, 0) is 4.74 Å². The molecule has 2 aromatic rings. The lowest BCUT2D eigenvalue weighted by Gasteiger charge is -2.07. The largest absolute Gasteiger partial charge is 0.463 e. The zero-order valence-electron chi connectivity index (χ0n) is 10.6. The molecule has 94 valence electrons. The molecular formula is C13H15N3O2. The van der Waals surface area contributed by atoms with E-state index in [2.05, 4.69) is 14.8 Å². The van der Waals surface area contributed by atoms with Gasteiger partial charge in [0.05, 0.1) is 12.8 Å². The highest BCUT2D eigenvalue weighted by atomic mass is 16.5. The second-order valence-corrected chi connectivity index (χ2v) is 4.19. The van der Waals surface area contributed by atoms with E-state index in [1.165, 1.54) is 7.11 Å². The molecule has 0 atom stereocenters. The van der Waals surface area contributed by atoms with Crippen LogP contribution in [-0.4, -0.2) is 27.8 Å². The third kappa shape index (κ3) is 2.25. The molecule has 0 bridgehead atoms. The summed E-state index contributed by atoms with van der Waals surface area (Å²) in [5.41, 5.74) is 0.879. The van der Waals surface area contributed by atoms with Crippen LogP contribution in [0.2, 0.25) is 0 Å². The maximum absolute atomic E-state index is 11.5. The van der Waals surface area contributed by atoms with E-state index in [0.29, 0.717) is 0 Å². The topological polar surface area (TPSA) is 57.0 Å². The van der Waals surface area contributed by atoms with Gasteiger partial charge in [0, 0.05) is 5.92 Å². The third-order valence-corrected chi connectivity index (χ3v) is 2.52. The van der Waals surface area contributed by atoms with E-state index in [9.17, 15) is 4.79 Å². The maximum atomic E-state index is 11.5. The van der Waals surface area contributed by atoms with Crippen molar-refractivity contribution < 1.29 is 9.53 Å². The SMILES string of the molecule is COC(=O)c1nc(C(C)C)n(-c2ccccc2)n1. The molecule has 2 rings (SSSR count). The molecule has 0 aliphatic heterocycles. The van der Waals surface area contributed by atoms with Gasteiger partial charge in [-0.1, -0.05) is 32.0 Å². The van der Waals surface area contributed by atoms with Crippen molar-refractivity contribution in [3.8, 4) is 5.69 Å². The number of hydrogen-bond donors (Lipinski definition) is 0. The van der Waals surface area contributed by atoms with Crippen LogP contribution in [0, 0.1) is 0 Å². The Morgan fingerprint density at radius 2 is 1.94 bits per heavy atom. The first-order chi connectivity index (χ1) is 8.63. The molecule has 5 heteroatoms. The fourth-order valence-corrected chi connectivity index (χ4v) is 1.63. The first-order valence-electron chi connectivity index (χ1n) is 5.74. The van der Waals surface area contributed by atoms with E-state index in [4.69, 9.17) is 0 Å². The molecular weight excluding hydrogens is 230 g/mol. The summed E-state index contributed by atoms with van der Waals surface area (Å²) in [7, 11) is 1.32. The molecule has 0 fully saturated rings. The highest BCUT2D eigenvalue weighted by Gasteiger charge is 2.19. The highest BCUT2D eigenvalue weighted by molar-refractivity contribution is 5.84. The molecule has 0 aliphatic carbocycles. The van der Waals surface area contributed by atoms with Crippen molar-refractivity contribution in [1.29, 1.82) is 0 Å². The summed E-state index contributed by atoms with van der Waals surface area (Å²) < 4.78 is 6.32. The van der Waals surface area contributed by atoms with Crippen molar-refractivity contribution in [1.82, 2.24) is 14.8 Å². The summed E-state index contributed by atoms with van der Waals surface area (Å²) in [4.78, 5) is 15.7. The van der Waals surface area contributed by atoms with Gasteiger partial charge in [-0.15, -0.1) is 5.10 Å². The standard InChI is InChI=1S/C13H15N3O2/c1-9(2)12-14-11(13(17)18-3)15-16(12)10-7-5-4-6-8-10/h4-9H,1-3H3. The van der Waals surface area contributed by atoms with Gasteiger partial charge in [0.1, 0.15) is 5.82 Å². The third-order valence-electron chi connectivity index (χ3n) is 2.52. The number of aromatic nitrogens is 3. The molecule has 1 aromatic heterocycles. The molecule has 0 unspecified atom stereocenters. The van der Waals surface area contributed by atoms with Crippen molar-refractivity contribution in [2.24, 2.45) is 0 Å². The Kier molecular flexibility index (Phi) is 3.41. The van der Waals surface area contributed by atoms with Crippen LogP contribution in [0.25, 0.3) is 5.69 Å². The highest BCUT2D eigenvalue weighted by Crippen LogP contribution is 2.17. The Hall–Kier alpha value is -2.17. The summed E-state index contributed by atoms with van der Waals surface area (Å²) in [6, 6.07) is 9.60. The lowest BCUT2D eigenvalue weighted by atomic mass is 10.2. The second kappa shape index (κ2) is 5.00. The average Bonchev–Trinajstić information content (AvgIpc) is 2.84. The van der Waals surface area contributed by atoms with E-state index in [-0.39, 0.29) is 11.7 Å². The number of rotatable bonds is 3. The minimum Gasteiger partial charge on any atom is -0.463 e. The zero-order chi connectivity index (χ0) is 13.1. The quantitative estimate of drug-likeness (QED) is 0.778. The molecule has 0 radical (unpaired) electrons. The fraction of sp³-hybridized carbons (Fsp3) is 0.308. The van der Waals surface area contributed by atoms with E-state index in [1.54, 1.807) is 4.68 Å². The van der Waals surface area contributed by atoms with Crippen molar-refractivity contribution >= 4 is 5.97 Å². The average molecular weight is 245 g/mol. The van der Waals surface area contributed by atoms with E-state index >= 15 is 0 Å². The monoisotopic (exact) mass is 245 g/mol. The van der Waals surface area contributed by atoms with Gasteiger partial charge in [-0.05, 0) is 12.1 Å². The van der Waals surface area contributed by atoms with Crippen LogP contribution in [0.3, 0.4) is 0 Å². The van der Waals surface area contributed by atoms with E-state index in [1.807, 2.05) is 44.2 Å². The predicted octanol–water partition coefficient (Wildman–Crippen LogP) is 2.18. The maximum Gasteiger partial charge on any atom is 0.377 e. The zero-order valence-corrected chi connectivity index (χ0v) is 10.6. The van der Waals surface area contributed by atoms with Crippen LogP contribution in [0.15, 0.2) is 30.3 Å². The molecule has 1 aromatic carbocycles. The van der Waals surface area contributed by atoms with Crippen molar-refractivity contribution in [2.75, 3.05) is 7.11 Å². The summed E-state index contributed by atoms with van der Waals surface area (Å²) in [6.45, 7) is 4.01. The number of para-hydroxylation sites is 1. The van der Waals surface area contributed by atoms with Crippen molar-refractivity contribution in [3.63, 3.8) is 0 Å². The molecule has 0 spiro atoms. The predicted molar refractivity (Wildman–Crippen MR) is 66.8 cm³/mol. The number of carbonyl (C=O) groups excluding carboxylic acids is 1. The summed E-state index contributed by atoms with van der Waals surface area (Å²) in [5, 5.41) is 4.20. The number of carbonyl (C=O) groups is 1. The Labute approximate surface area is 105 Å². The molecule has 0 N–H and O–H groups in total. The Balaban J connectivity index is 2.52. The van der Waals surface area contributed by atoms with E-state index in [0.717, 1.165) is 11.5 Å². The van der Waals surface area contributed by atoms with Gasteiger partial charge in [0.15, 0.2) is 0 Å². The van der Waals surface area contributed by atoms with Gasteiger partial charge in [-0.3, -0.25) is 0 Å². The molecule has 0 amide bonds. The first kappa shape index (κ1) is 12.3. The lowest BCUT2D eigenvalue weighted by molar-refractivity contribution is 0.0587. The summed E-state index contributed by atoms with van der Waals surface area (Å²) in [6.07, 6.45) is 0. The number of methoxy groups -OCH3 is 1. The minimum atomic E-state index is -0.522. The molecule has 0 saturated carbocycles. The summed E-state index contributed by atoms with van der Waals surface area (Å²) in [5.74, 6) is 0.467. The molecule has 5 nitrogen and oxygen atoms in total. The number of esters is 1. The van der Waals surface area contributed by atoms with Crippen molar-refractivity contribution in [2.45, 2.75) is 19.8 Å².